The van der Waals surface area contributed by atoms with Crippen molar-refractivity contribution in [3.8, 4) is 0 Å². The van der Waals surface area contributed by atoms with Crippen LogP contribution in [0.25, 0.3) is 0 Å². The fourth-order valence-corrected chi connectivity index (χ4v) is 2.72. The predicted octanol–water partition coefficient (Wildman–Crippen LogP) is 2.54. The molecule has 6 heteroatoms. The lowest BCUT2D eigenvalue weighted by atomic mass is 10.0. The lowest BCUT2D eigenvalue weighted by molar-refractivity contribution is 0.183. The topological polar surface area (TPSA) is 76.9 Å². The lowest BCUT2D eigenvalue weighted by Gasteiger charge is -2.18. The van der Waals surface area contributed by atoms with Crippen LogP contribution in [0, 0.1) is 0 Å². The minimum Gasteiger partial charge on any atom is -0.396 e. The number of aliphatic hydroxyl groups excluding tert-OH is 2. The average molecular weight is 483 g/mol. The number of halogens is 1. The van der Waals surface area contributed by atoms with E-state index in [2.05, 4.69) is 15.6 Å². The maximum atomic E-state index is 10.2. The molecule has 0 aliphatic carbocycles. The second-order valence-electron chi connectivity index (χ2n) is 6.23. The highest BCUT2D eigenvalue weighted by Crippen LogP contribution is 2.13. The Balaban J connectivity index is 0.00000364. The quantitative estimate of drug-likeness (QED) is 0.251. The van der Waals surface area contributed by atoms with Crippen LogP contribution in [-0.2, 0) is 6.42 Å². The van der Waals surface area contributed by atoms with Crippen molar-refractivity contribution in [3.05, 3.63) is 71.8 Å². The summed E-state index contributed by atoms with van der Waals surface area (Å²) in [6.07, 6.45) is 0.0446. The third-order valence-electron chi connectivity index (χ3n) is 4.13. The molecule has 0 saturated carbocycles. The first-order valence-electron chi connectivity index (χ1n) is 9.13. The number of nitrogens with one attached hydrogen (secondary N) is 2. The Morgan fingerprint density at radius 2 is 1.63 bits per heavy atom. The fraction of sp³-hybridized carbons (Fsp3) is 0.381. The zero-order chi connectivity index (χ0) is 18.6. The number of aliphatic hydroxyl groups is 2. The van der Waals surface area contributed by atoms with Gasteiger partial charge in [-0.1, -0.05) is 60.7 Å². The first kappa shape index (κ1) is 23.4. The summed E-state index contributed by atoms with van der Waals surface area (Å²) in [7, 11) is 0. The SMILES string of the molecule is CCNC(=NCC(O)Cc1ccccc1)NCC(CO)c1ccccc1.I. The van der Waals surface area contributed by atoms with Gasteiger partial charge in [-0.3, -0.25) is 4.99 Å². The molecule has 0 aliphatic heterocycles. The molecule has 148 valence electrons. The van der Waals surface area contributed by atoms with Crippen LogP contribution >= 0.6 is 24.0 Å². The van der Waals surface area contributed by atoms with Crippen LogP contribution in [-0.4, -0.2) is 48.5 Å². The highest BCUT2D eigenvalue weighted by molar-refractivity contribution is 14.0. The molecule has 0 radical (unpaired) electrons. The molecular formula is C21H30IN3O2. The molecule has 0 saturated heterocycles. The van der Waals surface area contributed by atoms with Gasteiger partial charge in [0.15, 0.2) is 5.96 Å². The Kier molecular flexibility index (Phi) is 11.7. The van der Waals surface area contributed by atoms with E-state index < -0.39 is 6.10 Å². The van der Waals surface area contributed by atoms with Crippen molar-refractivity contribution in [3.63, 3.8) is 0 Å². The van der Waals surface area contributed by atoms with Gasteiger partial charge in [0.1, 0.15) is 0 Å². The van der Waals surface area contributed by atoms with Crippen molar-refractivity contribution in [2.24, 2.45) is 4.99 Å². The van der Waals surface area contributed by atoms with Gasteiger partial charge in [0.25, 0.3) is 0 Å². The smallest absolute Gasteiger partial charge is 0.191 e. The van der Waals surface area contributed by atoms with Crippen LogP contribution in [0.5, 0.6) is 0 Å². The van der Waals surface area contributed by atoms with Crippen molar-refractivity contribution >= 4 is 29.9 Å². The summed E-state index contributed by atoms with van der Waals surface area (Å²) in [4.78, 5) is 4.47. The number of rotatable bonds is 9. The second kappa shape index (κ2) is 13.5. The molecule has 0 spiro atoms. The maximum absolute atomic E-state index is 10.2. The largest absolute Gasteiger partial charge is 0.396 e. The third kappa shape index (κ3) is 8.73. The van der Waals surface area contributed by atoms with Crippen molar-refractivity contribution < 1.29 is 10.2 Å². The Morgan fingerprint density at radius 3 is 2.22 bits per heavy atom. The van der Waals surface area contributed by atoms with Crippen molar-refractivity contribution in [1.29, 1.82) is 0 Å². The molecule has 0 heterocycles. The molecule has 0 amide bonds. The highest BCUT2D eigenvalue weighted by Gasteiger charge is 2.11. The molecular weight excluding hydrogens is 453 g/mol. The van der Waals surface area contributed by atoms with Crippen molar-refractivity contribution in [1.82, 2.24) is 10.6 Å². The van der Waals surface area contributed by atoms with E-state index in [0.717, 1.165) is 17.7 Å². The summed E-state index contributed by atoms with van der Waals surface area (Å²) in [5.41, 5.74) is 2.18. The van der Waals surface area contributed by atoms with Crippen LogP contribution in [0.2, 0.25) is 0 Å². The van der Waals surface area contributed by atoms with Crippen LogP contribution in [0.3, 0.4) is 0 Å². The van der Waals surface area contributed by atoms with E-state index in [1.165, 1.54) is 0 Å². The number of guanidine groups is 1. The zero-order valence-electron chi connectivity index (χ0n) is 15.7. The van der Waals surface area contributed by atoms with Crippen LogP contribution in [0.15, 0.2) is 65.7 Å². The summed E-state index contributed by atoms with van der Waals surface area (Å²) in [5, 5.41) is 26.3. The van der Waals surface area contributed by atoms with Gasteiger partial charge in [-0.05, 0) is 18.1 Å². The van der Waals surface area contributed by atoms with E-state index in [9.17, 15) is 10.2 Å². The lowest BCUT2D eigenvalue weighted by Crippen LogP contribution is -2.40. The number of aliphatic imine (C=N–C) groups is 1. The first-order valence-corrected chi connectivity index (χ1v) is 9.13. The predicted molar refractivity (Wildman–Crippen MR) is 122 cm³/mol. The monoisotopic (exact) mass is 483 g/mol. The number of hydrogen-bond donors (Lipinski definition) is 4. The maximum Gasteiger partial charge on any atom is 0.191 e. The van der Waals surface area contributed by atoms with Crippen LogP contribution in [0.1, 0.15) is 24.0 Å². The van der Waals surface area contributed by atoms with Crippen molar-refractivity contribution in [2.75, 3.05) is 26.2 Å². The standard InChI is InChI=1S/C21H29N3O2.HI/c1-2-22-21(23-14-19(16-25)18-11-7-4-8-12-18)24-15-20(26)13-17-9-5-3-6-10-17;/h3-12,19-20,25-26H,2,13-16H2,1H3,(H2,22,23,24);1H. The molecule has 27 heavy (non-hydrogen) atoms. The minimum absolute atomic E-state index is 0. The van der Waals surface area contributed by atoms with Gasteiger partial charge >= 0.3 is 0 Å². The Labute approximate surface area is 179 Å². The Hall–Kier alpha value is -1.64. The Morgan fingerprint density at radius 1 is 1.00 bits per heavy atom. The second-order valence-corrected chi connectivity index (χ2v) is 6.23. The Bertz CT molecular complexity index is 653. The van der Waals surface area contributed by atoms with Crippen LogP contribution in [0.4, 0.5) is 0 Å². The van der Waals surface area contributed by atoms with Gasteiger partial charge in [-0.25, -0.2) is 0 Å². The van der Waals surface area contributed by atoms with E-state index >= 15 is 0 Å². The molecule has 2 atom stereocenters. The minimum atomic E-state index is -0.532. The van der Waals surface area contributed by atoms with Gasteiger partial charge in [0, 0.05) is 25.4 Å². The van der Waals surface area contributed by atoms with Gasteiger partial charge in [0.2, 0.25) is 0 Å². The van der Waals surface area contributed by atoms with Gasteiger partial charge in [0.05, 0.1) is 19.3 Å². The van der Waals surface area contributed by atoms with Gasteiger partial charge < -0.3 is 20.8 Å². The average Bonchev–Trinajstić information content (AvgIpc) is 2.68. The number of benzene rings is 2. The van der Waals surface area contributed by atoms with Gasteiger partial charge in [-0.2, -0.15) is 0 Å². The molecule has 0 aliphatic rings. The fourth-order valence-electron chi connectivity index (χ4n) is 2.72. The number of nitrogens with zero attached hydrogens (tertiary/aromatic N) is 1. The molecule has 2 aromatic carbocycles. The van der Waals surface area contributed by atoms with Crippen molar-refractivity contribution in [2.45, 2.75) is 25.4 Å². The molecule has 0 aromatic heterocycles. The first-order chi connectivity index (χ1) is 12.7. The highest BCUT2D eigenvalue weighted by atomic mass is 127. The summed E-state index contributed by atoms with van der Waals surface area (Å²) in [5.74, 6) is 0.642. The molecule has 5 nitrogen and oxygen atoms in total. The molecule has 2 unspecified atom stereocenters. The molecule has 0 bridgehead atoms. The summed E-state index contributed by atoms with van der Waals surface area (Å²) in [6, 6.07) is 19.8. The van der Waals surface area contributed by atoms with E-state index in [1.54, 1.807) is 0 Å². The van der Waals surface area contributed by atoms with E-state index in [4.69, 9.17) is 0 Å². The van der Waals surface area contributed by atoms with E-state index in [-0.39, 0.29) is 36.5 Å². The third-order valence-corrected chi connectivity index (χ3v) is 4.13. The molecule has 0 fully saturated rings. The zero-order valence-corrected chi connectivity index (χ0v) is 18.0. The summed E-state index contributed by atoms with van der Waals surface area (Å²) in [6.45, 7) is 3.68. The summed E-state index contributed by atoms with van der Waals surface area (Å²) < 4.78 is 0. The number of hydrogen-bond acceptors (Lipinski definition) is 3. The molecule has 2 aromatic rings. The van der Waals surface area contributed by atoms with E-state index in [0.29, 0.717) is 25.5 Å². The normalized spacial score (nSPS) is 13.4. The molecule has 4 N–H and O–H groups in total. The van der Waals surface area contributed by atoms with E-state index in [1.807, 2.05) is 67.6 Å². The van der Waals surface area contributed by atoms with Gasteiger partial charge in [-0.15, -0.1) is 24.0 Å². The summed E-state index contributed by atoms with van der Waals surface area (Å²) >= 11 is 0. The molecule has 2 rings (SSSR count). The van der Waals surface area contributed by atoms with Crippen LogP contribution < -0.4 is 10.6 Å².